The molecule has 7 nitrogen and oxygen atoms in total. The second-order valence-corrected chi connectivity index (χ2v) is 4.64. The van der Waals surface area contributed by atoms with Gasteiger partial charge in [-0.1, -0.05) is 17.7 Å². The van der Waals surface area contributed by atoms with Gasteiger partial charge < -0.3 is 14.9 Å². The minimum absolute atomic E-state index is 0.0876. The van der Waals surface area contributed by atoms with Crippen LogP contribution >= 0.6 is 11.6 Å². The molecule has 1 aromatic rings. The van der Waals surface area contributed by atoms with Gasteiger partial charge >= 0.3 is 12.1 Å². The number of esters is 1. The number of carboxylic acid groups (broad SMARTS) is 1. The van der Waals surface area contributed by atoms with Crippen molar-refractivity contribution in [2.75, 3.05) is 7.11 Å². The van der Waals surface area contributed by atoms with Crippen LogP contribution < -0.4 is 5.43 Å². The molecular weight excluding hydrogens is 288 g/mol. The van der Waals surface area contributed by atoms with Gasteiger partial charge in [0.05, 0.1) is 7.11 Å². The Kier molecular flexibility index (Phi) is 3.65. The van der Waals surface area contributed by atoms with E-state index in [2.05, 4.69) is 9.84 Å². The fourth-order valence-corrected chi connectivity index (χ4v) is 2.31. The highest BCUT2D eigenvalue weighted by Crippen LogP contribution is 2.33. The highest BCUT2D eigenvalue weighted by molar-refractivity contribution is 6.31. The minimum atomic E-state index is -2.04. The lowest BCUT2D eigenvalue weighted by Crippen LogP contribution is -2.46. The molecular formula is C12H11ClN2O5. The molecule has 1 unspecified atom stereocenters. The number of carbonyl (C=O) groups excluding carboxylic acids is 1. The Morgan fingerprint density at radius 1 is 1.50 bits per heavy atom. The highest BCUT2D eigenvalue weighted by atomic mass is 35.5. The maximum Gasteiger partial charge on any atom is 0.425 e. The van der Waals surface area contributed by atoms with Gasteiger partial charge in [0.1, 0.15) is 5.71 Å². The van der Waals surface area contributed by atoms with E-state index >= 15 is 0 Å². The van der Waals surface area contributed by atoms with Crippen molar-refractivity contribution in [2.45, 2.75) is 12.0 Å². The van der Waals surface area contributed by atoms with Gasteiger partial charge in [0, 0.05) is 17.0 Å². The van der Waals surface area contributed by atoms with E-state index in [0.29, 0.717) is 16.1 Å². The van der Waals surface area contributed by atoms with E-state index in [4.69, 9.17) is 16.7 Å². The van der Waals surface area contributed by atoms with Crippen molar-refractivity contribution in [3.05, 3.63) is 34.3 Å². The Bertz CT molecular complexity index is 616. The molecule has 3 N–H and O–H groups in total. The number of hydrogen-bond acceptors (Lipinski definition) is 5. The van der Waals surface area contributed by atoms with Gasteiger partial charge in [0.2, 0.25) is 5.60 Å². The maximum absolute atomic E-state index is 11.8. The van der Waals surface area contributed by atoms with Crippen LogP contribution in [0.5, 0.6) is 0 Å². The first kappa shape index (κ1) is 14.3. The highest BCUT2D eigenvalue weighted by Gasteiger charge is 2.49. The van der Waals surface area contributed by atoms with Crippen LogP contribution in [-0.2, 0) is 16.0 Å². The number of fused-ring (bicyclic) bond motifs is 1. The standard InChI is InChI=1S/C12H11ClN2O5/c1-20-10(16)12(19)5-6-4-7(13)2-3-8(6)9(12)14-15-11(17)18/h2-4,15,19H,5H2,1H3,(H,17,18). The summed E-state index contributed by atoms with van der Waals surface area (Å²) in [5.41, 5.74) is 0.652. The molecule has 0 fully saturated rings. The lowest BCUT2D eigenvalue weighted by atomic mass is 9.99. The number of hydrazone groups is 1. The van der Waals surface area contributed by atoms with Crippen molar-refractivity contribution >= 4 is 29.4 Å². The number of aliphatic hydroxyl groups is 1. The van der Waals surface area contributed by atoms with Crippen molar-refractivity contribution in [3.63, 3.8) is 0 Å². The molecule has 8 heteroatoms. The van der Waals surface area contributed by atoms with Gasteiger partial charge in [-0.3, -0.25) is 0 Å². The molecule has 20 heavy (non-hydrogen) atoms. The van der Waals surface area contributed by atoms with Crippen LogP contribution in [-0.4, -0.2) is 40.7 Å². The first-order chi connectivity index (χ1) is 9.38. The molecule has 1 aromatic carbocycles. The van der Waals surface area contributed by atoms with Gasteiger partial charge in [-0.15, -0.1) is 0 Å². The number of benzene rings is 1. The zero-order chi connectivity index (χ0) is 14.9. The quantitative estimate of drug-likeness (QED) is 0.552. The van der Waals surface area contributed by atoms with Crippen LogP contribution in [0.1, 0.15) is 11.1 Å². The van der Waals surface area contributed by atoms with Gasteiger partial charge in [0.25, 0.3) is 0 Å². The topological polar surface area (TPSA) is 108 Å². The molecule has 1 aliphatic carbocycles. The molecule has 0 bridgehead atoms. The van der Waals surface area contributed by atoms with Crippen molar-refractivity contribution in [1.29, 1.82) is 0 Å². The molecule has 106 valence electrons. The summed E-state index contributed by atoms with van der Waals surface area (Å²) in [4.78, 5) is 22.3. The summed E-state index contributed by atoms with van der Waals surface area (Å²) >= 11 is 5.86. The Labute approximate surface area is 118 Å². The third-order valence-corrected chi connectivity index (χ3v) is 3.18. The van der Waals surface area contributed by atoms with E-state index in [0.717, 1.165) is 7.11 Å². The summed E-state index contributed by atoms with van der Waals surface area (Å²) < 4.78 is 4.56. The first-order valence-electron chi connectivity index (χ1n) is 5.55. The van der Waals surface area contributed by atoms with Crippen LogP contribution in [0.2, 0.25) is 5.02 Å². The lowest BCUT2D eigenvalue weighted by Gasteiger charge is -2.19. The molecule has 0 saturated heterocycles. The van der Waals surface area contributed by atoms with Crippen LogP contribution in [0.4, 0.5) is 4.79 Å². The second-order valence-electron chi connectivity index (χ2n) is 4.21. The van der Waals surface area contributed by atoms with Crippen LogP contribution in [0.3, 0.4) is 0 Å². The fraction of sp³-hybridized carbons (Fsp3) is 0.250. The molecule has 0 aromatic heterocycles. The van der Waals surface area contributed by atoms with Gasteiger partial charge in [0.15, 0.2) is 0 Å². The largest absolute Gasteiger partial charge is 0.467 e. The first-order valence-corrected chi connectivity index (χ1v) is 5.93. The van der Waals surface area contributed by atoms with Gasteiger partial charge in [-0.05, 0) is 17.7 Å². The minimum Gasteiger partial charge on any atom is -0.467 e. The predicted octanol–water partition coefficient (Wildman–Crippen LogP) is 0.772. The fourth-order valence-electron chi connectivity index (χ4n) is 2.12. The van der Waals surface area contributed by atoms with Crippen molar-refractivity contribution in [2.24, 2.45) is 5.10 Å². The second kappa shape index (κ2) is 5.10. The summed E-state index contributed by atoms with van der Waals surface area (Å²) in [6.45, 7) is 0. The molecule has 1 amide bonds. The molecule has 0 radical (unpaired) electrons. The normalized spacial score (nSPS) is 22.4. The predicted molar refractivity (Wildman–Crippen MR) is 69.8 cm³/mol. The third kappa shape index (κ3) is 2.33. The monoisotopic (exact) mass is 298 g/mol. The summed E-state index contributed by atoms with van der Waals surface area (Å²) in [6, 6.07) is 4.69. The van der Waals surface area contributed by atoms with E-state index in [1.54, 1.807) is 23.6 Å². The van der Waals surface area contributed by atoms with Crippen LogP contribution in [0.25, 0.3) is 0 Å². The smallest absolute Gasteiger partial charge is 0.425 e. The van der Waals surface area contributed by atoms with E-state index in [-0.39, 0.29) is 12.1 Å². The summed E-state index contributed by atoms with van der Waals surface area (Å²) in [6.07, 6.45) is -1.50. The Morgan fingerprint density at radius 2 is 2.20 bits per heavy atom. The number of hydrogen-bond donors (Lipinski definition) is 3. The zero-order valence-electron chi connectivity index (χ0n) is 10.4. The lowest BCUT2D eigenvalue weighted by molar-refractivity contribution is -0.154. The number of ether oxygens (including phenoxy) is 1. The van der Waals surface area contributed by atoms with Crippen molar-refractivity contribution in [1.82, 2.24) is 5.43 Å². The summed E-state index contributed by atoms with van der Waals surface area (Å²) in [5.74, 6) is -0.921. The molecule has 0 aliphatic heterocycles. The van der Waals surface area contributed by atoms with E-state index < -0.39 is 17.7 Å². The molecule has 1 aliphatic rings. The molecule has 0 spiro atoms. The Hall–Kier alpha value is -2.12. The number of rotatable bonds is 2. The summed E-state index contributed by atoms with van der Waals surface area (Å²) in [5, 5.41) is 23.1. The average molecular weight is 299 g/mol. The number of nitrogens with zero attached hydrogens (tertiary/aromatic N) is 1. The van der Waals surface area contributed by atoms with E-state index in [9.17, 15) is 14.7 Å². The number of nitrogens with one attached hydrogen (secondary N) is 1. The third-order valence-electron chi connectivity index (χ3n) is 2.95. The Balaban J connectivity index is 2.54. The van der Waals surface area contributed by atoms with Crippen LogP contribution in [0, 0.1) is 0 Å². The number of halogens is 1. The number of carbonyl (C=O) groups is 2. The van der Waals surface area contributed by atoms with Crippen LogP contribution in [0.15, 0.2) is 23.3 Å². The van der Waals surface area contributed by atoms with E-state index in [1.165, 1.54) is 0 Å². The van der Waals surface area contributed by atoms with Crippen molar-refractivity contribution in [3.8, 4) is 0 Å². The average Bonchev–Trinajstić information content (AvgIpc) is 2.67. The zero-order valence-corrected chi connectivity index (χ0v) is 11.1. The van der Waals surface area contributed by atoms with Crippen molar-refractivity contribution < 1.29 is 24.5 Å². The van der Waals surface area contributed by atoms with E-state index in [1.807, 2.05) is 0 Å². The van der Waals surface area contributed by atoms with Gasteiger partial charge in [-0.2, -0.15) is 5.10 Å². The Morgan fingerprint density at radius 3 is 2.80 bits per heavy atom. The molecule has 0 heterocycles. The number of amides is 1. The molecule has 2 rings (SSSR count). The maximum atomic E-state index is 11.8. The molecule has 1 atom stereocenters. The molecule has 0 saturated carbocycles. The number of methoxy groups -OCH3 is 1. The van der Waals surface area contributed by atoms with Gasteiger partial charge in [-0.25, -0.2) is 15.0 Å². The summed E-state index contributed by atoms with van der Waals surface area (Å²) in [7, 11) is 1.12. The SMILES string of the molecule is COC(=O)C1(O)Cc2cc(Cl)ccc2C1=NNC(=O)O.